The van der Waals surface area contributed by atoms with Crippen LogP contribution >= 0.6 is 0 Å². The van der Waals surface area contributed by atoms with Crippen LogP contribution < -0.4 is 5.32 Å². The van der Waals surface area contributed by atoms with Gasteiger partial charge in [0, 0.05) is 11.8 Å². The fourth-order valence-electron chi connectivity index (χ4n) is 2.85. The van der Waals surface area contributed by atoms with Crippen LogP contribution in [0.4, 0.5) is 0 Å². The van der Waals surface area contributed by atoms with Gasteiger partial charge in [-0.1, -0.05) is 13.3 Å². The van der Waals surface area contributed by atoms with Gasteiger partial charge in [-0.15, -0.1) is 0 Å². The van der Waals surface area contributed by atoms with Crippen LogP contribution in [0.5, 0.6) is 0 Å². The Balaban J connectivity index is 1.98. The van der Waals surface area contributed by atoms with Gasteiger partial charge in [-0.2, -0.15) is 0 Å². The van der Waals surface area contributed by atoms with E-state index in [0.717, 1.165) is 51.1 Å². The lowest BCUT2D eigenvalue weighted by molar-refractivity contribution is -0.131. The maximum Gasteiger partial charge on any atom is 0.139 e. The monoisotopic (exact) mass is 209 g/mol. The minimum Gasteiger partial charge on any atom is -0.317 e. The van der Waals surface area contributed by atoms with Gasteiger partial charge in [-0.05, 0) is 51.1 Å². The molecule has 2 heteroatoms. The maximum atomic E-state index is 12.3. The molecule has 0 atom stereocenters. The van der Waals surface area contributed by atoms with Crippen molar-refractivity contribution in [3.63, 3.8) is 0 Å². The lowest BCUT2D eigenvalue weighted by Crippen LogP contribution is -2.42. The van der Waals surface area contributed by atoms with Crippen LogP contribution in [0.3, 0.4) is 0 Å². The Morgan fingerprint density at radius 2 is 2.00 bits per heavy atom. The number of hydrogen-bond donors (Lipinski definition) is 1. The van der Waals surface area contributed by atoms with Crippen molar-refractivity contribution in [2.24, 2.45) is 11.3 Å². The first kappa shape index (κ1) is 11.1. The molecule has 0 spiro atoms. The molecule has 2 nitrogen and oxygen atoms in total. The van der Waals surface area contributed by atoms with Gasteiger partial charge in [0.05, 0.1) is 0 Å². The number of ketones is 1. The normalized spacial score (nSPS) is 25.1. The number of carbonyl (C=O) groups is 1. The van der Waals surface area contributed by atoms with E-state index in [9.17, 15) is 4.79 Å². The molecule has 0 aromatic carbocycles. The molecule has 1 heterocycles. The highest BCUT2D eigenvalue weighted by molar-refractivity contribution is 5.85. The summed E-state index contributed by atoms with van der Waals surface area (Å²) in [7, 11) is 0. The molecule has 15 heavy (non-hydrogen) atoms. The minimum atomic E-state index is 0.0581. The third-order valence-corrected chi connectivity index (χ3v) is 4.05. The number of hydrogen-bond acceptors (Lipinski definition) is 2. The van der Waals surface area contributed by atoms with Gasteiger partial charge < -0.3 is 5.32 Å². The van der Waals surface area contributed by atoms with Crippen LogP contribution in [-0.2, 0) is 4.79 Å². The van der Waals surface area contributed by atoms with Gasteiger partial charge in [0.1, 0.15) is 5.78 Å². The van der Waals surface area contributed by atoms with Gasteiger partial charge in [-0.3, -0.25) is 4.79 Å². The van der Waals surface area contributed by atoms with Crippen molar-refractivity contribution in [1.29, 1.82) is 0 Å². The minimum absolute atomic E-state index is 0.0581. The average molecular weight is 209 g/mol. The van der Waals surface area contributed by atoms with Crippen molar-refractivity contribution < 1.29 is 4.79 Å². The number of nitrogens with one attached hydrogen (secondary N) is 1. The van der Waals surface area contributed by atoms with E-state index in [4.69, 9.17) is 0 Å². The molecular formula is C13H23NO. The van der Waals surface area contributed by atoms with Crippen LogP contribution in [0.25, 0.3) is 0 Å². The van der Waals surface area contributed by atoms with E-state index in [-0.39, 0.29) is 5.41 Å². The van der Waals surface area contributed by atoms with E-state index in [1.165, 1.54) is 12.8 Å². The predicted molar refractivity (Wildman–Crippen MR) is 61.8 cm³/mol. The lowest BCUT2D eigenvalue weighted by Gasteiger charge is -2.36. The van der Waals surface area contributed by atoms with Crippen LogP contribution in [-0.4, -0.2) is 18.9 Å². The number of piperidine rings is 1. The zero-order valence-corrected chi connectivity index (χ0v) is 9.85. The molecule has 0 unspecified atom stereocenters. The Hall–Kier alpha value is -0.370. The summed E-state index contributed by atoms with van der Waals surface area (Å²) in [6.45, 7) is 4.28. The summed E-state index contributed by atoms with van der Waals surface area (Å²) in [5.41, 5.74) is 0.0581. The molecular weight excluding hydrogens is 186 g/mol. The van der Waals surface area contributed by atoms with E-state index in [2.05, 4.69) is 12.2 Å². The van der Waals surface area contributed by atoms with Gasteiger partial charge >= 0.3 is 0 Å². The molecule has 0 bridgehead atoms. The quantitative estimate of drug-likeness (QED) is 0.754. The second-order valence-corrected chi connectivity index (χ2v) is 5.35. The Bertz CT molecular complexity index is 221. The van der Waals surface area contributed by atoms with E-state index in [1.807, 2.05) is 0 Å². The predicted octanol–water partition coefficient (Wildman–Crippen LogP) is 2.53. The van der Waals surface area contributed by atoms with Crippen molar-refractivity contribution in [3.8, 4) is 0 Å². The average Bonchev–Trinajstić information content (AvgIpc) is 3.03. The van der Waals surface area contributed by atoms with Crippen LogP contribution in [0.2, 0.25) is 0 Å². The summed E-state index contributed by atoms with van der Waals surface area (Å²) in [4.78, 5) is 12.3. The molecule has 1 N–H and O–H groups in total. The summed E-state index contributed by atoms with van der Waals surface area (Å²) in [5.74, 6) is 1.33. The van der Waals surface area contributed by atoms with Crippen molar-refractivity contribution in [1.82, 2.24) is 5.32 Å². The Morgan fingerprint density at radius 3 is 2.53 bits per heavy atom. The van der Waals surface area contributed by atoms with Gasteiger partial charge in [0.2, 0.25) is 0 Å². The fourth-order valence-corrected chi connectivity index (χ4v) is 2.85. The van der Waals surface area contributed by atoms with Crippen LogP contribution in [0, 0.1) is 11.3 Å². The fraction of sp³-hybridized carbons (Fsp3) is 0.923. The zero-order chi connectivity index (χ0) is 10.7. The molecule has 1 saturated heterocycles. The molecule has 1 saturated carbocycles. The van der Waals surface area contributed by atoms with E-state index in [0.29, 0.717) is 5.78 Å². The Morgan fingerprint density at radius 1 is 1.33 bits per heavy atom. The first-order valence-corrected chi connectivity index (χ1v) is 6.51. The third kappa shape index (κ3) is 2.60. The van der Waals surface area contributed by atoms with E-state index < -0.39 is 0 Å². The third-order valence-electron chi connectivity index (χ3n) is 4.05. The highest BCUT2D eigenvalue weighted by Crippen LogP contribution is 2.41. The maximum absolute atomic E-state index is 12.3. The smallest absolute Gasteiger partial charge is 0.139 e. The molecule has 2 fully saturated rings. The topological polar surface area (TPSA) is 29.1 Å². The second kappa shape index (κ2) is 4.65. The first-order chi connectivity index (χ1) is 7.27. The standard InChI is InChI=1S/C13H23NO/c1-2-5-13(6-8-14-9-7-13)12(15)10-11-3-4-11/h11,14H,2-10H2,1H3. The molecule has 86 valence electrons. The molecule has 2 aliphatic rings. The zero-order valence-electron chi connectivity index (χ0n) is 9.85. The van der Waals surface area contributed by atoms with E-state index >= 15 is 0 Å². The molecule has 2 rings (SSSR count). The highest BCUT2D eigenvalue weighted by Gasteiger charge is 2.40. The molecule has 0 aromatic rings. The molecule has 0 radical (unpaired) electrons. The second-order valence-electron chi connectivity index (χ2n) is 5.35. The lowest BCUT2D eigenvalue weighted by atomic mass is 9.71. The number of Topliss-reactive ketones (excluding diaryl/α,β-unsaturated/α-hetero) is 1. The van der Waals surface area contributed by atoms with Gasteiger partial charge in [0.25, 0.3) is 0 Å². The van der Waals surface area contributed by atoms with Crippen LogP contribution in [0.15, 0.2) is 0 Å². The molecule has 1 aliphatic carbocycles. The SMILES string of the molecule is CCCC1(C(=O)CC2CC2)CCNCC1. The number of rotatable bonds is 5. The van der Waals surface area contributed by atoms with Gasteiger partial charge in [0.15, 0.2) is 0 Å². The summed E-state index contributed by atoms with van der Waals surface area (Å²) in [5, 5.41) is 3.37. The summed E-state index contributed by atoms with van der Waals surface area (Å²) < 4.78 is 0. The van der Waals surface area contributed by atoms with Crippen molar-refractivity contribution in [3.05, 3.63) is 0 Å². The van der Waals surface area contributed by atoms with Gasteiger partial charge in [-0.25, -0.2) is 0 Å². The Kier molecular flexibility index (Phi) is 3.45. The van der Waals surface area contributed by atoms with Crippen LogP contribution in [0.1, 0.15) is 51.9 Å². The largest absolute Gasteiger partial charge is 0.317 e. The highest BCUT2D eigenvalue weighted by atomic mass is 16.1. The Labute approximate surface area is 92.8 Å². The summed E-state index contributed by atoms with van der Waals surface area (Å²) >= 11 is 0. The van der Waals surface area contributed by atoms with Crippen molar-refractivity contribution in [2.45, 2.75) is 51.9 Å². The molecule has 0 amide bonds. The first-order valence-electron chi connectivity index (χ1n) is 6.51. The van der Waals surface area contributed by atoms with E-state index in [1.54, 1.807) is 0 Å². The number of carbonyl (C=O) groups excluding carboxylic acids is 1. The van der Waals surface area contributed by atoms with Crippen molar-refractivity contribution in [2.75, 3.05) is 13.1 Å². The van der Waals surface area contributed by atoms with Crippen molar-refractivity contribution >= 4 is 5.78 Å². The molecule has 1 aliphatic heterocycles. The molecule has 0 aromatic heterocycles. The summed E-state index contributed by atoms with van der Waals surface area (Å²) in [6, 6.07) is 0. The summed E-state index contributed by atoms with van der Waals surface area (Å²) in [6.07, 6.45) is 7.88.